The Labute approximate surface area is 153 Å². The maximum Gasteiger partial charge on any atom is 0.322 e. The average molecular weight is 353 g/mol. The number of hydrogen-bond acceptors (Lipinski definition) is 4. The zero-order valence-corrected chi connectivity index (χ0v) is 14.9. The number of hydrogen-bond donors (Lipinski definition) is 1. The first-order chi connectivity index (χ1) is 12.6. The van der Waals surface area contributed by atoms with Crippen molar-refractivity contribution in [3.05, 3.63) is 59.9 Å². The highest BCUT2D eigenvalue weighted by molar-refractivity contribution is 5.96. The number of anilines is 1. The van der Waals surface area contributed by atoms with Crippen LogP contribution < -0.4 is 5.32 Å². The van der Waals surface area contributed by atoms with Crippen LogP contribution in [0.4, 0.5) is 10.5 Å². The van der Waals surface area contributed by atoms with Crippen LogP contribution in [0.15, 0.2) is 48.8 Å². The SMILES string of the molecule is CC(=O)c1cccc(NC(=O)N(Cc2ccncc2)CC2CCCO2)c1. The van der Waals surface area contributed by atoms with E-state index >= 15 is 0 Å². The Hall–Kier alpha value is -2.73. The Bertz CT molecular complexity index is 758. The Morgan fingerprint density at radius 3 is 2.77 bits per heavy atom. The predicted molar refractivity (Wildman–Crippen MR) is 99.1 cm³/mol. The lowest BCUT2D eigenvalue weighted by Crippen LogP contribution is -2.39. The van der Waals surface area contributed by atoms with E-state index in [0.717, 1.165) is 25.0 Å². The lowest BCUT2D eigenvalue weighted by Gasteiger charge is -2.26. The molecule has 136 valence electrons. The maximum atomic E-state index is 12.8. The third kappa shape index (κ3) is 4.89. The number of ketones is 1. The van der Waals surface area contributed by atoms with Gasteiger partial charge in [-0.25, -0.2) is 4.79 Å². The van der Waals surface area contributed by atoms with E-state index in [0.29, 0.717) is 24.3 Å². The number of aromatic nitrogens is 1. The molecular formula is C20H23N3O3. The van der Waals surface area contributed by atoms with Gasteiger partial charge in [0.25, 0.3) is 0 Å². The molecule has 1 aromatic carbocycles. The summed E-state index contributed by atoms with van der Waals surface area (Å²) in [5.74, 6) is -0.0332. The Morgan fingerprint density at radius 2 is 2.08 bits per heavy atom. The van der Waals surface area contributed by atoms with Crippen LogP contribution in [0.1, 0.15) is 35.7 Å². The van der Waals surface area contributed by atoms with Crippen molar-refractivity contribution in [2.24, 2.45) is 0 Å². The fourth-order valence-corrected chi connectivity index (χ4v) is 2.98. The lowest BCUT2D eigenvalue weighted by atomic mass is 10.1. The van der Waals surface area contributed by atoms with Gasteiger partial charge in [-0.1, -0.05) is 12.1 Å². The molecule has 1 N–H and O–H groups in total. The summed E-state index contributed by atoms with van der Waals surface area (Å²) in [6.07, 6.45) is 5.48. The number of urea groups is 1. The molecular weight excluding hydrogens is 330 g/mol. The molecule has 2 heterocycles. The van der Waals surface area contributed by atoms with Gasteiger partial charge in [0, 0.05) is 43.3 Å². The number of carbonyl (C=O) groups is 2. The summed E-state index contributed by atoms with van der Waals surface area (Å²) >= 11 is 0. The zero-order valence-electron chi connectivity index (χ0n) is 14.9. The van der Waals surface area contributed by atoms with E-state index in [2.05, 4.69) is 10.3 Å². The second-order valence-electron chi connectivity index (χ2n) is 6.44. The van der Waals surface area contributed by atoms with Crippen molar-refractivity contribution in [1.29, 1.82) is 0 Å². The monoisotopic (exact) mass is 353 g/mol. The molecule has 2 amide bonds. The van der Waals surface area contributed by atoms with Crippen LogP contribution >= 0.6 is 0 Å². The van der Waals surface area contributed by atoms with Crippen LogP contribution in [0.2, 0.25) is 0 Å². The molecule has 1 aromatic heterocycles. The molecule has 0 radical (unpaired) electrons. The van der Waals surface area contributed by atoms with E-state index < -0.39 is 0 Å². The standard InChI is InChI=1S/C20H23N3O3/c1-15(24)17-4-2-5-18(12-17)22-20(25)23(14-19-6-3-11-26-19)13-16-7-9-21-10-8-16/h2,4-5,7-10,12,19H,3,6,11,13-14H2,1H3,(H,22,25). The van der Waals surface area contributed by atoms with Crippen LogP contribution in [0.25, 0.3) is 0 Å². The number of pyridine rings is 1. The fourth-order valence-electron chi connectivity index (χ4n) is 2.98. The molecule has 26 heavy (non-hydrogen) atoms. The van der Waals surface area contributed by atoms with Crippen molar-refractivity contribution in [3.63, 3.8) is 0 Å². The maximum absolute atomic E-state index is 12.8. The van der Waals surface area contributed by atoms with Gasteiger partial charge in [-0.15, -0.1) is 0 Å². The highest BCUT2D eigenvalue weighted by atomic mass is 16.5. The summed E-state index contributed by atoms with van der Waals surface area (Å²) in [5.41, 5.74) is 2.18. The molecule has 2 aromatic rings. The number of Topliss-reactive ketones (excluding diaryl/α,β-unsaturated/α-hetero) is 1. The molecule has 1 saturated heterocycles. The van der Waals surface area contributed by atoms with E-state index in [4.69, 9.17) is 4.74 Å². The van der Waals surface area contributed by atoms with Gasteiger partial charge in [-0.2, -0.15) is 0 Å². The van der Waals surface area contributed by atoms with Crippen molar-refractivity contribution in [2.45, 2.75) is 32.4 Å². The molecule has 6 heteroatoms. The number of rotatable bonds is 6. The molecule has 3 rings (SSSR count). The molecule has 1 atom stereocenters. The van der Waals surface area contributed by atoms with Gasteiger partial charge in [0.05, 0.1) is 6.10 Å². The smallest absolute Gasteiger partial charge is 0.322 e. The second kappa shape index (κ2) is 8.58. The van der Waals surface area contributed by atoms with Crippen molar-refractivity contribution in [3.8, 4) is 0 Å². The molecule has 1 unspecified atom stereocenters. The molecule has 1 aliphatic heterocycles. The molecule has 0 bridgehead atoms. The van der Waals surface area contributed by atoms with Gasteiger partial charge in [0.15, 0.2) is 5.78 Å². The Balaban J connectivity index is 1.72. The molecule has 1 fully saturated rings. The zero-order chi connectivity index (χ0) is 18.4. The molecule has 0 aliphatic carbocycles. The highest BCUT2D eigenvalue weighted by Gasteiger charge is 2.23. The number of benzene rings is 1. The highest BCUT2D eigenvalue weighted by Crippen LogP contribution is 2.17. The van der Waals surface area contributed by atoms with Gasteiger partial charge in [0.2, 0.25) is 0 Å². The van der Waals surface area contributed by atoms with Gasteiger partial charge < -0.3 is 15.0 Å². The summed E-state index contributed by atoms with van der Waals surface area (Å²) in [7, 11) is 0. The summed E-state index contributed by atoms with van der Waals surface area (Å²) in [5, 5.41) is 2.90. The van der Waals surface area contributed by atoms with E-state index in [1.165, 1.54) is 6.92 Å². The minimum atomic E-state index is -0.210. The first kappa shape index (κ1) is 18.1. The Morgan fingerprint density at radius 1 is 1.27 bits per heavy atom. The van der Waals surface area contributed by atoms with Gasteiger partial charge in [-0.3, -0.25) is 9.78 Å². The van der Waals surface area contributed by atoms with E-state index in [1.807, 2.05) is 12.1 Å². The summed E-state index contributed by atoms with van der Waals surface area (Å²) in [4.78, 5) is 30.1. The van der Waals surface area contributed by atoms with E-state index in [9.17, 15) is 9.59 Å². The molecule has 0 saturated carbocycles. The summed E-state index contributed by atoms with van der Waals surface area (Å²) < 4.78 is 5.69. The third-order valence-electron chi connectivity index (χ3n) is 4.38. The van der Waals surface area contributed by atoms with Crippen LogP contribution in [0, 0.1) is 0 Å². The van der Waals surface area contributed by atoms with Crippen LogP contribution in [0.3, 0.4) is 0 Å². The first-order valence-corrected chi connectivity index (χ1v) is 8.79. The van der Waals surface area contributed by atoms with Gasteiger partial charge >= 0.3 is 6.03 Å². The minimum absolute atomic E-state index is 0.0332. The van der Waals surface area contributed by atoms with Crippen molar-refractivity contribution in [2.75, 3.05) is 18.5 Å². The van der Waals surface area contributed by atoms with Crippen LogP contribution in [-0.4, -0.2) is 41.0 Å². The number of ether oxygens (including phenoxy) is 1. The number of carbonyl (C=O) groups excluding carboxylic acids is 2. The van der Waals surface area contributed by atoms with Gasteiger partial charge in [0.1, 0.15) is 0 Å². The summed E-state index contributed by atoms with van der Waals surface area (Å²) in [6, 6.07) is 10.5. The van der Waals surface area contributed by atoms with Crippen molar-refractivity contribution < 1.29 is 14.3 Å². The number of amides is 2. The first-order valence-electron chi connectivity index (χ1n) is 8.79. The normalized spacial score (nSPS) is 16.3. The predicted octanol–water partition coefficient (Wildman–Crippen LogP) is 3.50. The largest absolute Gasteiger partial charge is 0.376 e. The van der Waals surface area contributed by atoms with Crippen LogP contribution in [-0.2, 0) is 11.3 Å². The van der Waals surface area contributed by atoms with E-state index in [-0.39, 0.29) is 17.9 Å². The molecule has 1 aliphatic rings. The van der Waals surface area contributed by atoms with E-state index in [1.54, 1.807) is 41.6 Å². The fraction of sp³-hybridized carbons (Fsp3) is 0.350. The molecule has 6 nitrogen and oxygen atoms in total. The van der Waals surface area contributed by atoms with Crippen LogP contribution in [0.5, 0.6) is 0 Å². The third-order valence-corrected chi connectivity index (χ3v) is 4.38. The van der Waals surface area contributed by atoms with Crippen molar-refractivity contribution in [1.82, 2.24) is 9.88 Å². The average Bonchev–Trinajstić information content (AvgIpc) is 3.15. The number of nitrogens with one attached hydrogen (secondary N) is 1. The lowest BCUT2D eigenvalue weighted by molar-refractivity contribution is 0.0819. The van der Waals surface area contributed by atoms with Gasteiger partial charge in [-0.05, 0) is 49.6 Å². The minimum Gasteiger partial charge on any atom is -0.376 e. The second-order valence-corrected chi connectivity index (χ2v) is 6.44. The molecule has 0 spiro atoms. The summed E-state index contributed by atoms with van der Waals surface area (Å²) in [6.45, 7) is 3.26. The number of nitrogens with zero attached hydrogens (tertiary/aromatic N) is 2. The quantitative estimate of drug-likeness (QED) is 0.807. The topological polar surface area (TPSA) is 71.5 Å². The van der Waals surface area contributed by atoms with Crippen molar-refractivity contribution >= 4 is 17.5 Å². The Kier molecular flexibility index (Phi) is 5.96.